The van der Waals surface area contributed by atoms with Crippen LogP contribution in [0.4, 0.5) is 0 Å². The SMILES string of the molecule is CCNC(=O)CN(CC)C(=O)CN1CCN(S(=O)(=O)/C=C/c2ccccc2)CC1. The molecule has 8 nitrogen and oxygen atoms in total. The summed E-state index contributed by atoms with van der Waals surface area (Å²) in [5, 5.41) is 3.92. The van der Waals surface area contributed by atoms with Crippen LogP contribution < -0.4 is 5.32 Å². The molecular weight excluding hydrogens is 392 g/mol. The lowest BCUT2D eigenvalue weighted by atomic mass is 10.2. The molecule has 1 aliphatic heterocycles. The molecule has 1 N–H and O–H groups in total. The van der Waals surface area contributed by atoms with Crippen molar-refractivity contribution in [2.45, 2.75) is 13.8 Å². The van der Waals surface area contributed by atoms with Gasteiger partial charge in [0.15, 0.2) is 0 Å². The average molecular weight is 423 g/mol. The van der Waals surface area contributed by atoms with E-state index in [1.54, 1.807) is 6.08 Å². The van der Waals surface area contributed by atoms with E-state index >= 15 is 0 Å². The Hall–Kier alpha value is -2.23. The van der Waals surface area contributed by atoms with Crippen molar-refractivity contribution in [2.24, 2.45) is 0 Å². The first-order chi connectivity index (χ1) is 13.9. The number of hydrogen-bond donors (Lipinski definition) is 1. The van der Waals surface area contributed by atoms with Crippen LogP contribution in [-0.4, -0.2) is 86.7 Å². The fourth-order valence-corrected chi connectivity index (χ4v) is 4.22. The molecular formula is C20H30N4O4S. The van der Waals surface area contributed by atoms with Crippen molar-refractivity contribution in [1.29, 1.82) is 0 Å². The van der Waals surface area contributed by atoms with Crippen molar-refractivity contribution < 1.29 is 18.0 Å². The normalized spacial score (nSPS) is 16.1. The molecule has 1 aromatic carbocycles. The Balaban J connectivity index is 1.85. The van der Waals surface area contributed by atoms with Crippen LogP contribution in [0.15, 0.2) is 35.7 Å². The van der Waals surface area contributed by atoms with Gasteiger partial charge in [-0.1, -0.05) is 30.3 Å². The Morgan fingerprint density at radius 1 is 1.10 bits per heavy atom. The highest BCUT2D eigenvalue weighted by molar-refractivity contribution is 7.92. The molecule has 2 rings (SSSR count). The van der Waals surface area contributed by atoms with Gasteiger partial charge in [-0.15, -0.1) is 0 Å². The van der Waals surface area contributed by atoms with E-state index < -0.39 is 10.0 Å². The third-order valence-electron chi connectivity index (χ3n) is 4.72. The second-order valence-electron chi connectivity index (χ2n) is 6.79. The zero-order valence-corrected chi connectivity index (χ0v) is 17.9. The predicted octanol–water partition coefficient (Wildman–Crippen LogP) is 0.589. The van der Waals surface area contributed by atoms with Gasteiger partial charge in [0.2, 0.25) is 21.8 Å². The summed E-state index contributed by atoms with van der Waals surface area (Å²) in [7, 11) is -3.50. The minimum absolute atomic E-state index is 0.0435. The molecule has 1 heterocycles. The van der Waals surface area contributed by atoms with Crippen LogP contribution in [0, 0.1) is 0 Å². The number of likely N-dealkylation sites (N-methyl/N-ethyl adjacent to an activating group) is 2. The lowest BCUT2D eigenvalue weighted by Gasteiger charge is -2.34. The second kappa shape index (κ2) is 11.1. The monoisotopic (exact) mass is 422 g/mol. The van der Waals surface area contributed by atoms with Gasteiger partial charge in [0, 0.05) is 44.7 Å². The van der Waals surface area contributed by atoms with Gasteiger partial charge in [-0.05, 0) is 25.5 Å². The summed E-state index contributed by atoms with van der Waals surface area (Å²) in [4.78, 5) is 27.6. The summed E-state index contributed by atoms with van der Waals surface area (Å²) < 4.78 is 26.5. The molecule has 9 heteroatoms. The number of amides is 2. The standard InChI is InChI=1S/C20H30N4O4S/c1-3-21-19(25)16-23(4-2)20(26)17-22-11-13-24(14-12-22)29(27,28)15-10-18-8-6-5-7-9-18/h5-10,15H,3-4,11-14,16-17H2,1-2H3,(H,21,25)/b15-10+. The van der Waals surface area contributed by atoms with Gasteiger partial charge in [0.05, 0.1) is 13.1 Å². The maximum absolute atomic E-state index is 12.5. The molecule has 0 radical (unpaired) electrons. The Morgan fingerprint density at radius 3 is 2.34 bits per heavy atom. The highest BCUT2D eigenvalue weighted by Gasteiger charge is 2.27. The number of hydrogen-bond acceptors (Lipinski definition) is 5. The van der Waals surface area contributed by atoms with Crippen LogP contribution in [-0.2, 0) is 19.6 Å². The molecule has 160 valence electrons. The summed E-state index contributed by atoms with van der Waals surface area (Å²) in [6.45, 7) is 6.48. The van der Waals surface area contributed by atoms with Gasteiger partial charge < -0.3 is 10.2 Å². The van der Waals surface area contributed by atoms with E-state index in [2.05, 4.69) is 5.32 Å². The first-order valence-corrected chi connectivity index (χ1v) is 11.4. The van der Waals surface area contributed by atoms with Crippen LogP contribution >= 0.6 is 0 Å². The van der Waals surface area contributed by atoms with Crippen LogP contribution in [0.1, 0.15) is 19.4 Å². The van der Waals surface area contributed by atoms with Gasteiger partial charge in [0.1, 0.15) is 0 Å². The Labute approximate surface area is 173 Å². The van der Waals surface area contributed by atoms with E-state index in [0.717, 1.165) is 5.56 Å². The summed E-state index contributed by atoms with van der Waals surface area (Å²) in [6.07, 6.45) is 1.59. The van der Waals surface area contributed by atoms with Gasteiger partial charge in [0.25, 0.3) is 0 Å². The number of piperazine rings is 1. The minimum Gasteiger partial charge on any atom is -0.355 e. The molecule has 1 saturated heterocycles. The lowest BCUT2D eigenvalue weighted by Crippen LogP contribution is -2.52. The maximum atomic E-state index is 12.5. The molecule has 0 aliphatic carbocycles. The summed E-state index contributed by atoms with van der Waals surface area (Å²) >= 11 is 0. The molecule has 29 heavy (non-hydrogen) atoms. The number of nitrogens with zero attached hydrogens (tertiary/aromatic N) is 3. The van der Waals surface area contributed by atoms with Gasteiger partial charge in [-0.2, -0.15) is 4.31 Å². The average Bonchev–Trinajstić information content (AvgIpc) is 2.72. The first-order valence-electron chi connectivity index (χ1n) is 9.85. The first kappa shape index (κ1) is 23.1. The van der Waals surface area contributed by atoms with E-state index in [1.165, 1.54) is 14.6 Å². The molecule has 2 amide bonds. The molecule has 1 fully saturated rings. The van der Waals surface area contributed by atoms with Crippen LogP contribution in [0.5, 0.6) is 0 Å². The minimum atomic E-state index is -3.50. The van der Waals surface area contributed by atoms with Crippen molar-refractivity contribution in [3.63, 3.8) is 0 Å². The van der Waals surface area contributed by atoms with E-state index in [0.29, 0.717) is 39.3 Å². The number of carbonyl (C=O) groups is 2. The largest absolute Gasteiger partial charge is 0.355 e. The summed E-state index contributed by atoms with van der Waals surface area (Å²) in [5.41, 5.74) is 0.826. The quantitative estimate of drug-likeness (QED) is 0.629. The zero-order valence-electron chi connectivity index (χ0n) is 17.1. The van der Waals surface area contributed by atoms with E-state index in [1.807, 2.05) is 49.1 Å². The summed E-state index contributed by atoms with van der Waals surface area (Å²) in [6, 6.07) is 9.27. The molecule has 0 aromatic heterocycles. The van der Waals surface area contributed by atoms with Gasteiger partial charge in [-0.25, -0.2) is 8.42 Å². The zero-order chi connectivity index (χ0) is 21.3. The second-order valence-corrected chi connectivity index (χ2v) is 8.61. The molecule has 1 aliphatic rings. The fourth-order valence-electron chi connectivity index (χ4n) is 3.05. The topological polar surface area (TPSA) is 90.0 Å². The highest BCUT2D eigenvalue weighted by Crippen LogP contribution is 2.12. The smallest absolute Gasteiger partial charge is 0.239 e. The van der Waals surface area contributed by atoms with Crippen LogP contribution in [0.25, 0.3) is 6.08 Å². The predicted molar refractivity (Wildman–Crippen MR) is 113 cm³/mol. The van der Waals surface area contributed by atoms with Gasteiger partial charge in [-0.3, -0.25) is 14.5 Å². The van der Waals surface area contributed by atoms with Gasteiger partial charge >= 0.3 is 0 Å². The molecule has 0 unspecified atom stereocenters. The van der Waals surface area contributed by atoms with Crippen molar-refractivity contribution in [1.82, 2.24) is 19.4 Å². The van der Waals surface area contributed by atoms with E-state index in [9.17, 15) is 18.0 Å². The van der Waals surface area contributed by atoms with Crippen LogP contribution in [0.2, 0.25) is 0 Å². The van der Waals surface area contributed by atoms with E-state index in [-0.39, 0.29) is 24.9 Å². The molecule has 0 spiro atoms. The van der Waals surface area contributed by atoms with Crippen molar-refractivity contribution in [3.05, 3.63) is 41.3 Å². The third kappa shape index (κ3) is 7.26. The number of sulfonamides is 1. The highest BCUT2D eigenvalue weighted by atomic mass is 32.2. The van der Waals surface area contributed by atoms with Crippen molar-refractivity contribution >= 4 is 27.9 Å². The molecule has 1 aromatic rings. The Kier molecular flexibility index (Phi) is 8.81. The molecule has 0 saturated carbocycles. The molecule has 0 bridgehead atoms. The van der Waals surface area contributed by atoms with Crippen molar-refractivity contribution in [2.75, 3.05) is 52.4 Å². The van der Waals surface area contributed by atoms with Crippen LogP contribution in [0.3, 0.4) is 0 Å². The van der Waals surface area contributed by atoms with Crippen molar-refractivity contribution in [3.8, 4) is 0 Å². The number of nitrogens with one attached hydrogen (secondary N) is 1. The maximum Gasteiger partial charge on any atom is 0.239 e. The number of carbonyl (C=O) groups excluding carboxylic acids is 2. The Bertz CT molecular complexity index is 803. The Morgan fingerprint density at radius 2 is 1.76 bits per heavy atom. The molecule has 0 atom stereocenters. The number of rotatable bonds is 9. The third-order valence-corrected chi connectivity index (χ3v) is 6.29. The number of benzene rings is 1. The lowest BCUT2D eigenvalue weighted by molar-refractivity contribution is -0.137. The van der Waals surface area contributed by atoms with E-state index in [4.69, 9.17) is 0 Å². The fraction of sp³-hybridized carbons (Fsp3) is 0.500. The summed E-state index contributed by atoms with van der Waals surface area (Å²) in [5.74, 6) is -0.303.